The van der Waals surface area contributed by atoms with Crippen LogP contribution < -0.4 is 10.6 Å². The SMILES string of the molecule is CCC(C)(C(=O)OC1CC(C)(C)NC(C)(C)C1)C1CCC(C(CC)(CC)C(=O)OC2CC(C)(C)NC(C)(C)C2)CC1. The Kier molecular flexibility index (Phi) is 10.1. The van der Waals surface area contributed by atoms with Gasteiger partial charge in [0.2, 0.25) is 0 Å². The van der Waals surface area contributed by atoms with Crippen LogP contribution in [0.2, 0.25) is 0 Å². The zero-order chi connectivity index (χ0) is 31.1. The summed E-state index contributed by atoms with van der Waals surface area (Å²) in [6.07, 6.45) is 9.39. The van der Waals surface area contributed by atoms with Crippen molar-refractivity contribution in [3.63, 3.8) is 0 Å². The Labute approximate surface area is 252 Å². The van der Waals surface area contributed by atoms with Crippen LogP contribution in [-0.2, 0) is 19.1 Å². The second-order valence-electron chi connectivity index (χ2n) is 16.8. The van der Waals surface area contributed by atoms with Crippen molar-refractivity contribution in [1.29, 1.82) is 0 Å². The second-order valence-corrected chi connectivity index (χ2v) is 16.8. The molecule has 3 rings (SSSR count). The highest BCUT2D eigenvalue weighted by Crippen LogP contribution is 2.51. The first kappa shape index (κ1) is 34.4. The predicted molar refractivity (Wildman–Crippen MR) is 168 cm³/mol. The maximum atomic E-state index is 14.0. The topological polar surface area (TPSA) is 76.7 Å². The average molecular weight is 577 g/mol. The third kappa shape index (κ3) is 7.88. The van der Waals surface area contributed by atoms with Gasteiger partial charge in [-0.3, -0.25) is 9.59 Å². The molecule has 2 aliphatic heterocycles. The molecule has 2 N–H and O–H groups in total. The highest BCUT2D eigenvalue weighted by atomic mass is 16.5. The van der Waals surface area contributed by atoms with Gasteiger partial charge >= 0.3 is 11.9 Å². The number of hydrogen-bond donors (Lipinski definition) is 2. The molecule has 0 aromatic carbocycles. The number of piperidine rings is 2. The fourth-order valence-corrected chi connectivity index (χ4v) is 9.34. The number of esters is 2. The summed E-state index contributed by atoms with van der Waals surface area (Å²) in [7, 11) is 0. The Morgan fingerprint density at radius 2 is 0.951 bits per heavy atom. The van der Waals surface area contributed by atoms with E-state index in [2.05, 4.69) is 93.7 Å². The Balaban J connectivity index is 1.68. The van der Waals surface area contributed by atoms with Gasteiger partial charge in [0.15, 0.2) is 0 Å². The highest BCUT2D eigenvalue weighted by Gasteiger charge is 2.51. The molecular formula is C35H64N2O4. The number of carbonyl (C=O) groups is 2. The van der Waals surface area contributed by atoms with Gasteiger partial charge in [-0.05, 0) is 119 Å². The molecule has 3 fully saturated rings. The van der Waals surface area contributed by atoms with Gasteiger partial charge in [0, 0.05) is 47.8 Å². The Morgan fingerprint density at radius 1 is 0.610 bits per heavy atom. The van der Waals surface area contributed by atoms with E-state index >= 15 is 0 Å². The Morgan fingerprint density at radius 3 is 1.29 bits per heavy atom. The second kappa shape index (κ2) is 12.1. The predicted octanol–water partition coefficient (Wildman–Crippen LogP) is 7.72. The van der Waals surface area contributed by atoms with Crippen LogP contribution in [-0.4, -0.2) is 46.3 Å². The lowest BCUT2D eigenvalue weighted by Crippen LogP contribution is -2.60. The van der Waals surface area contributed by atoms with Crippen LogP contribution in [0.1, 0.15) is 154 Å². The van der Waals surface area contributed by atoms with Crippen molar-refractivity contribution in [2.24, 2.45) is 22.7 Å². The largest absolute Gasteiger partial charge is 0.462 e. The van der Waals surface area contributed by atoms with E-state index in [1.165, 1.54) is 0 Å². The molecule has 1 aliphatic carbocycles. The minimum atomic E-state index is -0.502. The molecular weight excluding hydrogens is 512 g/mol. The molecule has 2 heterocycles. The quantitative estimate of drug-likeness (QED) is 0.274. The van der Waals surface area contributed by atoms with Crippen molar-refractivity contribution in [2.75, 3.05) is 0 Å². The summed E-state index contributed by atoms with van der Waals surface area (Å²) in [5, 5.41) is 7.39. The van der Waals surface area contributed by atoms with Gasteiger partial charge in [0.1, 0.15) is 12.2 Å². The van der Waals surface area contributed by atoms with E-state index in [-0.39, 0.29) is 58.1 Å². The molecule has 1 unspecified atom stereocenters. The van der Waals surface area contributed by atoms with E-state index in [1.54, 1.807) is 0 Å². The zero-order valence-corrected chi connectivity index (χ0v) is 28.7. The van der Waals surface area contributed by atoms with Gasteiger partial charge in [-0.2, -0.15) is 0 Å². The van der Waals surface area contributed by atoms with Gasteiger partial charge < -0.3 is 20.1 Å². The van der Waals surface area contributed by atoms with Gasteiger partial charge in [-0.25, -0.2) is 0 Å². The average Bonchev–Trinajstić information content (AvgIpc) is 2.81. The van der Waals surface area contributed by atoms with Gasteiger partial charge in [0.05, 0.1) is 10.8 Å². The molecule has 6 nitrogen and oxygen atoms in total. The number of ether oxygens (including phenoxy) is 2. The molecule has 0 aromatic heterocycles. The summed E-state index contributed by atoms with van der Waals surface area (Å²) in [4.78, 5) is 27.8. The molecule has 3 aliphatic rings. The first-order chi connectivity index (χ1) is 18.7. The molecule has 0 amide bonds. The normalized spacial score (nSPS) is 29.8. The van der Waals surface area contributed by atoms with Crippen molar-refractivity contribution in [1.82, 2.24) is 10.6 Å². The van der Waals surface area contributed by atoms with E-state index in [4.69, 9.17) is 9.47 Å². The number of carbonyl (C=O) groups excluding carboxylic acids is 2. The van der Waals surface area contributed by atoms with Crippen LogP contribution in [0.4, 0.5) is 0 Å². The standard InChI is InChI=1S/C35H64N2O4/c1-13-34(12,28(38)40-26-20-30(4,5)36-31(6,7)21-26)24-16-18-25(19-17-24)35(14-2,15-3)29(39)41-27-22-32(8,9)37-33(10,11)23-27/h24-27,36-37H,13-23H2,1-12H3. The minimum Gasteiger partial charge on any atom is -0.462 e. The van der Waals surface area contributed by atoms with Crippen molar-refractivity contribution < 1.29 is 19.1 Å². The molecule has 0 spiro atoms. The molecule has 1 atom stereocenters. The van der Waals surface area contributed by atoms with E-state index in [9.17, 15) is 9.59 Å². The fourth-order valence-electron chi connectivity index (χ4n) is 9.34. The maximum absolute atomic E-state index is 14.0. The van der Waals surface area contributed by atoms with E-state index in [0.29, 0.717) is 0 Å². The molecule has 0 aromatic rings. The van der Waals surface area contributed by atoms with E-state index < -0.39 is 10.8 Å². The van der Waals surface area contributed by atoms with Crippen LogP contribution >= 0.6 is 0 Å². The Bertz CT molecular complexity index is 894. The van der Waals surface area contributed by atoms with Crippen LogP contribution in [0.5, 0.6) is 0 Å². The highest BCUT2D eigenvalue weighted by molar-refractivity contribution is 5.78. The zero-order valence-electron chi connectivity index (χ0n) is 28.7. The van der Waals surface area contributed by atoms with Crippen molar-refractivity contribution in [3.05, 3.63) is 0 Å². The Hall–Kier alpha value is -1.14. The lowest BCUT2D eigenvalue weighted by molar-refractivity contribution is -0.175. The first-order valence-electron chi connectivity index (χ1n) is 16.7. The third-order valence-electron chi connectivity index (χ3n) is 11.1. The van der Waals surface area contributed by atoms with E-state index in [1.807, 2.05) is 0 Å². The fraction of sp³-hybridized carbons (Fsp3) is 0.943. The van der Waals surface area contributed by atoms with Crippen molar-refractivity contribution in [3.8, 4) is 0 Å². The van der Waals surface area contributed by atoms with Crippen LogP contribution in [0.25, 0.3) is 0 Å². The lowest BCUT2D eigenvalue weighted by atomic mass is 9.60. The third-order valence-corrected chi connectivity index (χ3v) is 11.1. The minimum absolute atomic E-state index is 0.00162. The number of nitrogens with one attached hydrogen (secondary N) is 2. The summed E-state index contributed by atoms with van der Waals surface area (Å²) >= 11 is 0. The molecule has 0 radical (unpaired) electrons. The van der Waals surface area contributed by atoms with Crippen molar-refractivity contribution in [2.45, 2.75) is 188 Å². The molecule has 6 heteroatoms. The van der Waals surface area contributed by atoms with Gasteiger partial charge in [0.25, 0.3) is 0 Å². The van der Waals surface area contributed by atoms with Crippen LogP contribution in [0, 0.1) is 22.7 Å². The summed E-state index contributed by atoms with van der Waals surface area (Å²) in [5.74, 6) is 0.521. The van der Waals surface area contributed by atoms with Gasteiger partial charge in [-0.1, -0.05) is 20.8 Å². The monoisotopic (exact) mass is 576 g/mol. The van der Waals surface area contributed by atoms with Crippen molar-refractivity contribution >= 4 is 11.9 Å². The first-order valence-corrected chi connectivity index (χ1v) is 16.7. The molecule has 2 saturated heterocycles. The number of rotatable bonds is 9. The summed E-state index contributed by atoms with van der Waals surface area (Å²) in [6.45, 7) is 26.1. The lowest BCUT2D eigenvalue weighted by Gasteiger charge is -2.49. The molecule has 1 saturated carbocycles. The summed E-state index contributed by atoms with van der Waals surface area (Å²) in [6, 6.07) is 0. The molecule has 41 heavy (non-hydrogen) atoms. The maximum Gasteiger partial charge on any atom is 0.312 e. The van der Waals surface area contributed by atoms with Crippen LogP contribution in [0.3, 0.4) is 0 Å². The van der Waals surface area contributed by atoms with E-state index in [0.717, 1.165) is 70.6 Å². The van der Waals surface area contributed by atoms with Crippen LogP contribution in [0.15, 0.2) is 0 Å². The molecule has 238 valence electrons. The smallest absolute Gasteiger partial charge is 0.312 e. The number of hydrogen-bond acceptors (Lipinski definition) is 6. The summed E-state index contributed by atoms with van der Waals surface area (Å²) in [5.41, 5.74) is -1.22. The summed E-state index contributed by atoms with van der Waals surface area (Å²) < 4.78 is 12.7. The van der Waals surface area contributed by atoms with Gasteiger partial charge in [-0.15, -0.1) is 0 Å². The molecule has 0 bridgehead atoms.